The van der Waals surface area contributed by atoms with Gasteiger partial charge in [0.2, 0.25) is 0 Å². The highest BCUT2D eigenvalue weighted by Crippen LogP contribution is 2.29. The molecule has 0 saturated heterocycles. The van der Waals surface area contributed by atoms with E-state index in [1.165, 1.54) is 0 Å². The highest BCUT2D eigenvalue weighted by Gasteiger charge is 2.11. The van der Waals surface area contributed by atoms with Crippen molar-refractivity contribution in [2.75, 3.05) is 6.61 Å². The molecule has 2 N–H and O–H groups in total. The Balaban J connectivity index is 3.02. The molecule has 0 heterocycles. The summed E-state index contributed by atoms with van der Waals surface area (Å²) in [5, 5.41) is 8.58. The molecule has 1 rings (SSSR count). The minimum Gasteiger partial charge on any atom is -0.478 e. The van der Waals surface area contributed by atoms with Gasteiger partial charge in [0.25, 0.3) is 0 Å². The molecule has 92 valence electrons. The van der Waals surface area contributed by atoms with E-state index in [1.54, 1.807) is 0 Å². The number of aryl methyl sites for hydroxylation is 1. The first-order valence-electron chi connectivity index (χ1n) is 5.62. The van der Waals surface area contributed by atoms with E-state index >= 15 is 0 Å². The van der Waals surface area contributed by atoms with Crippen molar-refractivity contribution < 1.29 is 4.74 Å². The standard InChI is InChI=1S/C13H17BrN2O/c1-3-12(16)8-10-7-11(14)6-9(2)13(10)17-5-4-15/h6-7,12H,3,5,8,16H2,1-2H3. The van der Waals surface area contributed by atoms with Gasteiger partial charge in [-0.15, -0.1) is 0 Å². The van der Waals surface area contributed by atoms with Gasteiger partial charge in [0, 0.05) is 10.5 Å². The van der Waals surface area contributed by atoms with Crippen LogP contribution in [0.15, 0.2) is 16.6 Å². The maximum Gasteiger partial charge on any atom is 0.174 e. The van der Waals surface area contributed by atoms with E-state index in [0.717, 1.165) is 34.2 Å². The van der Waals surface area contributed by atoms with Gasteiger partial charge in [-0.05, 0) is 43.0 Å². The number of nitriles is 1. The molecule has 1 atom stereocenters. The zero-order chi connectivity index (χ0) is 12.8. The van der Waals surface area contributed by atoms with Crippen molar-refractivity contribution in [3.8, 4) is 11.8 Å². The van der Waals surface area contributed by atoms with Crippen LogP contribution in [0.2, 0.25) is 0 Å². The van der Waals surface area contributed by atoms with Crippen LogP contribution in [0.5, 0.6) is 5.75 Å². The van der Waals surface area contributed by atoms with Crippen molar-refractivity contribution in [2.24, 2.45) is 5.73 Å². The number of halogens is 1. The Morgan fingerprint density at radius 1 is 1.53 bits per heavy atom. The Labute approximate surface area is 111 Å². The van der Waals surface area contributed by atoms with Gasteiger partial charge in [-0.2, -0.15) is 5.26 Å². The van der Waals surface area contributed by atoms with Crippen molar-refractivity contribution in [3.63, 3.8) is 0 Å². The lowest BCUT2D eigenvalue weighted by atomic mass is 10.0. The van der Waals surface area contributed by atoms with Gasteiger partial charge in [0.1, 0.15) is 11.8 Å². The molecule has 1 unspecified atom stereocenters. The van der Waals surface area contributed by atoms with Crippen LogP contribution < -0.4 is 10.5 Å². The molecule has 17 heavy (non-hydrogen) atoms. The van der Waals surface area contributed by atoms with Gasteiger partial charge in [-0.1, -0.05) is 22.9 Å². The molecule has 0 fully saturated rings. The molecule has 0 saturated carbocycles. The lowest BCUT2D eigenvalue weighted by Crippen LogP contribution is -2.22. The Kier molecular flexibility index (Phi) is 5.46. The molecule has 0 amide bonds. The van der Waals surface area contributed by atoms with Crippen molar-refractivity contribution in [2.45, 2.75) is 32.7 Å². The quantitative estimate of drug-likeness (QED) is 0.909. The summed E-state index contributed by atoms with van der Waals surface area (Å²) < 4.78 is 6.49. The number of benzene rings is 1. The largest absolute Gasteiger partial charge is 0.478 e. The molecular weight excluding hydrogens is 280 g/mol. The fourth-order valence-electron chi connectivity index (χ4n) is 1.69. The summed E-state index contributed by atoms with van der Waals surface area (Å²) in [7, 11) is 0. The van der Waals surface area contributed by atoms with Crippen LogP contribution in [-0.2, 0) is 6.42 Å². The third kappa shape index (κ3) is 4.03. The van der Waals surface area contributed by atoms with E-state index in [1.807, 2.05) is 25.1 Å². The number of hydrogen-bond donors (Lipinski definition) is 1. The van der Waals surface area contributed by atoms with Crippen molar-refractivity contribution in [1.82, 2.24) is 0 Å². The van der Waals surface area contributed by atoms with Crippen molar-refractivity contribution >= 4 is 15.9 Å². The van der Waals surface area contributed by atoms with Gasteiger partial charge < -0.3 is 10.5 Å². The molecule has 0 bridgehead atoms. The minimum absolute atomic E-state index is 0.0663. The summed E-state index contributed by atoms with van der Waals surface area (Å²) in [5.74, 6) is 0.790. The van der Waals surface area contributed by atoms with Crippen molar-refractivity contribution in [1.29, 1.82) is 5.26 Å². The molecule has 1 aromatic carbocycles. The highest BCUT2D eigenvalue weighted by molar-refractivity contribution is 9.10. The van der Waals surface area contributed by atoms with E-state index < -0.39 is 0 Å². The fourth-order valence-corrected chi connectivity index (χ4v) is 2.31. The first-order chi connectivity index (χ1) is 8.08. The second-order valence-corrected chi connectivity index (χ2v) is 4.95. The molecule has 0 aliphatic rings. The number of hydrogen-bond acceptors (Lipinski definition) is 3. The molecular formula is C13H17BrN2O. The highest BCUT2D eigenvalue weighted by atomic mass is 79.9. The summed E-state index contributed by atoms with van der Waals surface area (Å²) >= 11 is 3.47. The second-order valence-electron chi connectivity index (χ2n) is 4.03. The minimum atomic E-state index is 0.0663. The zero-order valence-corrected chi connectivity index (χ0v) is 11.8. The predicted molar refractivity (Wildman–Crippen MR) is 72.0 cm³/mol. The van der Waals surface area contributed by atoms with Crippen LogP contribution >= 0.6 is 15.9 Å². The van der Waals surface area contributed by atoms with Crippen LogP contribution in [0, 0.1) is 18.3 Å². The van der Waals surface area contributed by atoms with E-state index in [9.17, 15) is 0 Å². The number of rotatable bonds is 5. The summed E-state index contributed by atoms with van der Waals surface area (Å²) in [5.41, 5.74) is 8.04. The predicted octanol–water partition coefficient (Wildman–Crippen LogP) is 2.94. The molecule has 1 aromatic rings. The normalized spacial score (nSPS) is 11.9. The lowest BCUT2D eigenvalue weighted by Gasteiger charge is -2.16. The fraction of sp³-hybridized carbons (Fsp3) is 0.462. The van der Waals surface area contributed by atoms with E-state index in [2.05, 4.69) is 22.9 Å². The van der Waals surface area contributed by atoms with E-state index in [0.29, 0.717) is 0 Å². The summed E-state index contributed by atoms with van der Waals surface area (Å²) in [6, 6.07) is 6.09. The van der Waals surface area contributed by atoms with Crippen LogP contribution in [0.4, 0.5) is 0 Å². The summed E-state index contributed by atoms with van der Waals surface area (Å²) in [4.78, 5) is 0. The van der Waals surface area contributed by atoms with Crippen LogP contribution in [0.1, 0.15) is 24.5 Å². The zero-order valence-electron chi connectivity index (χ0n) is 10.2. The number of ether oxygens (including phenoxy) is 1. The maximum absolute atomic E-state index is 8.58. The van der Waals surface area contributed by atoms with Gasteiger partial charge in [-0.3, -0.25) is 0 Å². The summed E-state index contributed by atoms with van der Waals surface area (Å²) in [6.07, 6.45) is 1.68. The SMILES string of the molecule is CCC(N)Cc1cc(Br)cc(C)c1OCC#N. The summed E-state index contributed by atoms with van der Waals surface area (Å²) in [6.45, 7) is 4.10. The smallest absolute Gasteiger partial charge is 0.174 e. The monoisotopic (exact) mass is 296 g/mol. The maximum atomic E-state index is 8.58. The van der Waals surface area contributed by atoms with E-state index in [4.69, 9.17) is 15.7 Å². The van der Waals surface area contributed by atoms with Crippen molar-refractivity contribution in [3.05, 3.63) is 27.7 Å². The number of nitrogens with two attached hydrogens (primary N) is 1. The molecule has 0 aliphatic heterocycles. The molecule has 4 heteroatoms. The Morgan fingerprint density at radius 2 is 2.24 bits per heavy atom. The first kappa shape index (κ1) is 14.0. The molecule has 0 aromatic heterocycles. The molecule has 0 radical (unpaired) electrons. The number of nitrogens with zero attached hydrogens (tertiary/aromatic N) is 1. The first-order valence-corrected chi connectivity index (χ1v) is 6.42. The third-order valence-electron chi connectivity index (χ3n) is 2.60. The van der Waals surface area contributed by atoms with Gasteiger partial charge >= 0.3 is 0 Å². The average molecular weight is 297 g/mol. The lowest BCUT2D eigenvalue weighted by molar-refractivity contribution is 0.360. The van der Waals surface area contributed by atoms with Gasteiger partial charge in [0.15, 0.2) is 6.61 Å². The average Bonchev–Trinajstić information content (AvgIpc) is 2.27. The molecule has 0 spiro atoms. The van der Waals surface area contributed by atoms with Crippen LogP contribution in [-0.4, -0.2) is 12.6 Å². The Bertz CT molecular complexity index is 426. The third-order valence-corrected chi connectivity index (χ3v) is 3.06. The molecule has 3 nitrogen and oxygen atoms in total. The topological polar surface area (TPSA) is 59.0 Å². The second kappa shape index (κ2) is 6.63. The van der Waals surface area contributed by atoms with E-state index in [-0.39, 0.29) is 12.6 Å². The van der Waals surface area contributed by atoms with Crippen LogP contribution in [0.25, 0.3) is 0 Å². The molecule has 0 aliphatic carbocycles. The van der Waals surface area contributed by atoms with Gasteiger partial charge in [-0.25, -0.2) is 0 Å². The van der Waals surface area contributed by atoms with Gasteiger partial charge in [0.05, 0.1) is 0 Å². The van der Waals surface area contributed by atoms with Crippen LogP contribution in [0.3, 0.4) is 0 Å². The Hall–Kier alpha value is -1.05. The Morgan fingerprint density at radius 3 is 2.82 bits per heavy atom.